The highest BCUT2D eigenvalue weighted by Gasteiger charge is 2.19. The first-order chi connectivity index (χ1) is 38.5. The third-order valence-corrected chi connectivity index (χ3v) is 14.3. The number of carbonyl (C=O) groups is 3. The van der Waals surface area contributed by atoms with E-state index in [0.29, 0.717) is 19.3 Å². The quantitative estimate of drug-likeness (QED) is 0.0261. The molecule has 0 saturated carbocycles. The van der Waals surface area contributed by atoms with Gasteiger partial charge in [0.25, 0.3) is 0 Å². The number of carbonyl (C=O) groups excluding carboxylic acids is 3. The topological polar surface area (TPSA) is 78.9 Å². The van der Waals surface area contributed by atoms with Gasteiger partial charge in [-0.15, -0.1) is 0 Å². The van der Waals surface area contributed by atoms with Crippen LogP contribution in [0.1, 0.15) is 323 Å². The molecule has 0 rings (SSSR count). The first-order valence-electron chi connectivity index (χ1n) is 33.2. The van der Waals surface area contributed by atoms with E-state index < -0.39 is 6.10 Å². The number of allylic oxidation sites excluding steroid dienone is 16. The maximum Gasteiger partial charge on any atom is 0.306 e. The van der Waals surface area contributed by atoms with Crippen LogP contribution < -0.4 is 0 Å². The van der Waals surface area contributed by atoms with E-state index >= 15 is 0 Å². The summed E-state index contributed by atoms with van der Waals surface area (Å²) in [5, 5.41) is 0. The number of esters is 3. The average Bonchev–Trinajstić information content (AvgIpc) is 3.44. The van der Waals surface area contributed by atoms with Crippen molar-refractivity contribution in [3.05, 3.63) is 97.2 Å². The van der Waals surface area contributed by atoms with Crippen LogP contribution in [0, 0.1) is 0 Å². The average molecular weight is 1090 g/mol. The maximum atomic E-state index is 12.9. The van der Waals surface area contributed by atoms with Crippen molar-refractivity contribution >= 4 is 17.9 Å². The minimum atomic E-state index is -0.797. The van der Waals surface area contributed by atoms with Crippen LogP contribution in [0.4, 0.5) is 0 Å². The van der Waals surface area contributed by atoms with E-state index in [1.54, 1.807) is 0 Å². The molecule has 78 heavy (non-hydrogen) atoms. The molecule has 0 aromatic carbocycles. The van der Waals surface area contributed by atoms with Crippen LogP contribution in [0.15, 0.2) is 97.2 Å². The van der Waals surface area contributed by atoms with Crippen molar-refractivity contribution in [3.63, 3.8) is 0 Å². The molecule has 0 spiro atoms. The molecule has 0 aromatic heterocycles. The molecule has 0 heterocycles. The minimum Gasteiger partial charge on any atom is -0.462 e. The van der Waals surface area contributed by atoms with Crippen molar-refractivity contribution in [1.82, 2.24) is 0 Å². The molecule has 0 amide bonds. The first-order valence-corrected chi connectivity index (χ1v) is 33.2. The first kappa shape index (κ1) is 74.3. The Labute approximate surface area is 483 Å². The zero-order chi connectivity index (χ0) is 56.4. The van der Waals surface area contributed by atoms with Gasteiger partial charge in [-0.3, -0.25) is 14.4 Å². The second-order valence-corrected chi connectivity index (χ2v) is 22.0. The number of rotatable bonds is 60. The number of hydrogen-bond acceptors (Lipinski definition) is 6. The predicted octanol–water partition coefficient (Wildman–Crippen LogP) is 22.8. The van der Waals surface area contributed by atoms with E-state index in [1.807, 2.05) is 0 Å². The van der Waals surface area contributed by atoms with Gasteiger partial charge in [0, 0.05) is 19.3 Å². The van der Waals surface area contributed by atoms with Crippen molar-refractivity contribution in [2.45, 2.75) is 329 Å². The second-order valence-electron chi connectivity index (χ2n) is 22.0. The lowest BCUT2D eigenvalue weighted by atomic mass is 10.1. The number of ether oxygens (including phenoxy) is 3. The summed E-state index contributed by atoms with van der Waals surface area (Å²) in [5.41, 5.74) is 0. The molecule has 0 aromatic rings. The number of unbranched alkanes of at least 4 members (excludes halogenated alkanes) is 33. The Kier molecular flexibility index (Phi) is 62.7. The van der Waals surface area contributed by atoms with Crippen molar-refractivity contribution in [2.75, 3.05) is 13.2 Å². The summed E-state index contributed by atoms with van der Waals surface area (Å²) < 4.78 is 16.9. The molecule has 0 bridgehead atoms. The monoisotopic (exact) mass is 1080 g/mol. The van der Waals surface area contributed by atoms with E-state index in [0.717, 1.165) is 116 Å². The zero-order valence-electron chi connectivity index (χ0n) is 51.4. The van der Waals surface area contributed by atoms with Gasteiger partial charge in [0.1, 0.15) is 13.2 Å². The van der Waals surface area contributed by atoms with E-state index in [-0.39, 0.29) is 31.1 Å². The molecule has 1 atom stereocenters. The van der Waals surface area contributed by atoms with Gasteiger partial charge in [0.15, 0.2) is 6.10 Å². The highest BCUT2D eigenvalue weighted by Crippen LogP contribution is 2.15. The molecule has 0 aliphatic rings. The van der Waals surface area contributed by atoms with Crippen molar-refractivity contribution < 1.29 is 28.6 Å². The summed E-state index contributed by atoms with van der Waals surface area (Å²) in [6.45, 7) is 6.60. The van der Waals surface area contributed by atoms with Crippen LogP contribution >= 0.6 is 0 Å². The fourth-order valence-corrected chi connectivity index (χ4v) is 9.25. The van der Waals surface area contributed by atoms with Crippen LogP contribution in [-0.4, -0.2) is 37.2 Å². The van der Waals surface area contributed by atoms with Crippen molar-refractivity contribution in [3.8, 4) is 0 Å². The summed E-state index contributed by atoms with van der Waals surface area (Å²) in [4.78, 5) is 38.4. The molecule has 0 N–H and O–H groups in total. The van der Waals surface area contributed by atoms with Gasteiger partial charge in [-0.2, -0.15) is 0 Å². The van der Waals surface area contributed by atoms with Crippen LogP contribution in [0.2, 0.25) is 0 Å². The van der Waals surface area contributed by atoms with Gasteiger partial charge >= 0.3 is 17.9 Å². The summed E-state index contributed by atoms with van der Waals surface area (Å²) in [6.07, 6.45) is 88.3. The van der Waals surface area contributed by atoms with E-state index in [9.17, 15) is 14.4 Å². The lowest BCUT2D eigenvalue weighted by molar-refractivity contribution is -0.167. The third-order valence-electron chi connectivity index (χ3n) is 14.3. The van der Waals surface area contributed by atoms with Crippen molar-refractivity contribution in [1.29, 1.82) is 0 Å². The maximum absolute atomic E-state index is 12.9. The second kappa shape index (κ2) is 65.8. The van der Waals surface area contributed by atoms with Crippen LogP contribution in [0.25, 0.3) is 0 Å². The largest absolute Gasteiger partial charge is 0.462 e. The van der Waals surface area contributed by atoms with Gasteiger partial charge < -0.3 is 14.2 Å². The normalized spacial score (nSPS) is 12.7. The number of hydrogen-bond donors (Lipinski definition) is 0. The van der Waals surface area contributed by atoms with E-state index in [4.69, 9.17) is 14.2 Å². The molecule has 6 nitrogen and oxygen atoms in total. The molecule has 0 radical (unpaired) electrons. The fraction of sp³-hybridized carbons (Fsp3) is 0.736. The van der Waals surface area contributed by atoms with Crippen LogP contribution in [0.3, 0.4) is 0 Å². The summed E-state index contributed by atoms with van der Waals surface area (Å²) in [6, 6.07) is 0. The SMILES string of the molecule is CCCCCC/C=C\C/C=C\CCCCCCCCCC(=O)OCC(COC(=O)CCCCCCCC/C=C\C/C=C\C/C=C\CCCCCCC)OC(=O)CCCCCCCC/C=C\C/C=C\C/C=C\CCCCCCC. The molecule has 6 heteroatoms. The van der Waals surface area contributed by atoms with Crippen LogP contribution in [0.5, 0.6) is 0 Å². The molecule has 0 aliphatic carbocycles. The highest BCUT2D eigenvalue weighted by molar-refractivity contribution is 5.71. The lowest BCUT2D eigenvalue weighted by Gasteiger charge is -2.18. The van der Waals surface area contributed by atoms with Gasteiger partial charge in [-0.25, -0.2) is 0 Å². The molecule has 1 unspecified atom stereocenters. The Morgan fingerprint density at radius 3 is 0.731 bits per heavy atom. The Morgan fingerprint density at radius 1 is 0.256 bits per heavy atom. The van der Waals surface area contributed by atoms with Crippen molar-refractivity contribution in [2.24, 2.45) is 0 Å². The molecule has 0 fully saturated rings. The third kappa shape index (κ3) is 63.2. The van der Waals surface area contributed by atoms with Gasteiger partial charge in [0.05, 0.1) is 0 Å². The zero-order valence-corrected chi connectivity index (χ0v) is 51.4. The molecule has 0 saturated heterocycles. The molecular weight excluding hydrogens is 961 g/mol. The predicted molar refractivity (Wildman–Crippen MR) is 339 cm³/mol. The molecule has 448 valence electrons. The Hall–Kier alpha value is -3.67. The van der Waals surface area contributed by atoms with E-state index in [1.165, 1.54) is 167 Å². The Morgan fingerprint density at radius 2 is 0.462 bits per heavy atom. The van der Waals surface area contributed by atoms with Gasteiger partial charge in [0.2, 0.25) is 0 Å². The van der Waals surface area contributed by atoms with E-state index in [2.05, 4.69) is 118 Å². The Balaban J connectivity index is 4.46. The van der Waals surface area contributed by atoms with Crippen LogP contribution in [-0.2, 0) is 28.6 Å². The van der Waals surface area contributed by atoms with Gasteiger partial charge in [-0.1, -0.05) is 272 Å². The summed E-state index contributed by atoms with van der Waals surface area (Å²) in [5.74, 6) is -0.913. The molecule has 0 aliphatic heterocycles. The summed E-state index contributed by atoms with van der Waals surface area (Å²) >= 11 is 0. The minimum absolute atomic E-state index is 0.0914. The standard InChI is InChI=1S/C72H124O6/c1-4-7-10-13-16-19-22-25-28-31-34-36-38-41-44-47-50-53-56-59-62-65-71(74)77-68-69(67-76-70(73)64-61-58-55-52-49-46-43-40-33-30-27-24-21-18-15-12-9-6-3)78-72(75)66-63-60-57-54-51-48-45-42-39-37-35-32-29-26-23-20-17-14-11-8-5-2/h21-26,30-35,38-39,41-42,69H,4-20,27-29,36-37,40,43-68H2,1-3H3/b24-21-,25-22-,26-23-,33-30-,34-31-,35-32-,41-38-,42-39-. The highest BCUT2D eigenvalue weighted by atomic mass is 16.6. The molecular formula is C72H124O6. The fourth-order valence-electron chi connectivity index (χ4n) is 9.25. The summed E-state index contributed by atoms with van der Waals surface area (Å²) in [7, 11) is 0. The lowest BCUT2D eigenvalue weighted by Crippen LogP contribution is -2.30. The Bertz CT molecular complexity index is 1530. The smallest absolute Gasteiger partial charge is 0.306 e. The van der Waals surface area contributed by atoms with Gasteiger partial charge in [-0.05, 0) is 128 Å².